The summed E-state index contributed by atoms with van der Waals surface area (Å²) in [7, 11) is 0. The van der Waals surface area contributed by atoms with E-state index in [1.54, 1.807) is 0 Å². The van der Waals surface area contributed by atoms with Crippen LogP contribution in [0, 0.1) is 10.8 Å². The highest BCUT2D eigenvalue weighted by Crippen LogP contribution is 2.51. The topological polar surface area (TPSA) is 49.7 Å². The lowest BCUT2D eigenvalue weighted by Crippen LogP contribution is -2.45. The molecule has 0 radical (unpaired) electrons. The second-order valence-electron chi connectivity index (χ2n) is 14.9. The van der Waals surface area contributed by atoms with Crippen molar-refractivity contribution in [3.63, 3.8) is 0 Å². The van der Waals surface area contributed by atoms with Crippen LogP contribution in [-0.2, 0) is 4.74 Å². The number of aliphatic hydroxyl groups excluding tert-OH is 2. The number of hydrogen-bond acceptors (Lipinski definition) is 3. The fourth-order valence-electron chi connectivity index (χ4n) is 7.14. The monoisotopic (exact) mass is 610 g/mol. The van der Waals surface area contributed by atoms with Crippen LogP contribution in [0.2, 0.25) is 0 Å². The van der Waals surface area contributed by atoms with Gasteiger partial charge in [-0.05, 0) is 88.9 Å². The molecule has 4 atom stereocenters. The molecule has 0 aromatic heterocycles. The molecule has 244 valence electrons. The van der Waals surface area contributed by atoms with Gasteiger partial charge in [-0.1, -0.05) is 141 Å². The van der Waals surface area contributed by atoms with Gasteiger partial charge in [-0.3, -0.25) is 0 Å². The summed E-state index contributed by atoms with van der Waals surface area (Å²) >= 11 is 0. The third-order valence-corrected chi connectivity index (χ3v) is 9.20. The van der Waals surface area contributed by atoms with Crippen molar-refractivity contribution in [3.05, 3.63) is 130 Å². The third-order valence-electron chi connectivity index (χ3n) is 9.20. The van der Waals surface area contributed by atoms with Gasteiger partial charge in [0.2, 0.25) is 0 Å². The van der Waals surface area contributed by atoms with E-state index in [9.17, 15) is 10.2 Å². The maximum absolute atomic E-state index is 10.3. The summed E-state index contributed by atoms with van der Waals surface area (Å²) in [5, 5.41) is 20.5. The van der Waals surface area contributed by atoms with Crippen LogP contribution in [0.15, 0.2) is 130 Å². The van der Waals surface area contributed by atoms with Crippen LogP contribution >= 0.6 is 0 Å². The summed E-state index contributed by atoms with van der Waals surface area (Å²) in [5.41, 5.74) is 8.24. The van der Waals surface area contributed by atoms with E-state index in [2.05, 4.69) is 160 Å². The number of fused-ring (bicyclic) bond motifs is 1. The first-order chi connectivity index (χ1) is 21.0. The molecule has 2 aliphatic carbocycles. The summed E-state index contributed by atoms with van der Waals surface area (Å²) in [4.78, 5) is 0. The van der Waals surface area contributed by atoms with Crippen LogP contribution in [0.4, 0.5) is 0 Å². The normalized spacial score (nSPS) is 30.1. The van der Waals surface area contributed by atoms with Crippen LogP contribution in [-0.4, -0.2) is 34.1 Å². The summed E-state index contributed by atoms with van der Waals surface area (Å²) in [6, 6.07) is 0. The zero-order valence-electron chi connectivity index (χ0n) is 29.5. The van der Waals surface area contributed by atoms with Crippen molar-refractivity contribution in [2.45, 2.75) is 119 Å². The van der Waals surface area contributed by atoms with Gasteiger partial charge in [-0.15, -0.1) is 0 Å². The average Bonchev–Trinajstić information content (AvgIpc) is 3.25. The zero-order chi connectivity index (χ0) is 33.4. The Bertz CT molecular complexity index is 1410. The molecule has 0 bridgehead atoms. The fourth-order valence-corrected chi connectivity index (χ4v) is 7.14. The first-order valence-corrected chi connectivity index (χ1v) is 16.6. The van der Waals surface area contributed by atoms with E-state index < -0.39 is 0 Å². The second kappa shape index (κ2) is 15.5. The number of rotatable bonds is 10. The lowest BCUT2D eigenvalue weighted by atomic mass is 9.65. The Hall–Kier alpha value is -2.98. The Morgan fingerprint density at radius 3 is 1.78 bits per heavy atom. The van der Waals surface area contributed by atoms with Gasteiger partial charge in [0.05, 0.1) is 23.9 Å². The first-order valence-electron chi connectivity index (χ1n) is 16.6. The fraction of sp³-hybridized carbons (Fsp3) is 0.476. The van der Waals surface area contributed by atoms with Gasteiger partial charge in [-0.25, -0.2) is 0 Å². The molecule has 0 spiro atoms. The number of allylic oxidation sites excluding steroid dienone is 18. The first kappa shape index (κ1) is 36.5. The standard InChI is InChI=1S/C42H58O3/c1-30(17-13-19-32(3)21-23-37-26-39-41(8,9)28-36(44)29-42(39,10)45-37)15-11-12-16-31(2)18-14-20-33(4)22-24-38-34(5)25-35(43)27-40(38,6)7/h11-24,26,35-37,43-44H,25,27-29H2,1-10H3/b12-11+,17-13+,18-14+,23-21+,24-22+,30-15+,31-16+,32-19+,33-20+/t35-,36+,37+,42-/m1/s1. The van der Waals surface area contributed by atoms with E-state index in [0.717, 1.165) is 24.8 Å². The maximum atomic E-state index is 10.3. The van der Waals surface area contributed by atoms with Crippen LogP contribution in [0.5, 0.6) is 0 Å². The summed E-state index contributed by atoms with van der Waals surface area (Å²) in [5.74, 6) is 0. The highest BCUT2D eigenvalue weighted by Gasteiger charge is 2.49. The van der Waals surface area contributed by atoms with E-state index >= 15 is 0 Å². The molecule has 0 amide bonds. The van der Waals surface area contributed by atoms with Gasteiger partial charge in [0.25, 0.3) is 0 Å². The predicted molar refractivity (Wildman–Crippen MR) is 193 cm³/mol. The summed E-state index contributed by atoms with van der Waals surface area (Å²) < 4.78 is 6.37. The molecule has 1 fully saturated rings. The van der Waals surface area contributed by atoms with Crippen molar-refractivity contribution in [1.29, 1.82) is 0 Å². The Morgan fingerprint density at radius 1 is 0.689 bits per heavy atom. The minimum atomic E-state index is -0.378. The Labute approximate surface area is 274 Å². The number of hydrogen-bond donors (Lipinski definition) is 2. The molecule has 1 heterocycles. The van der Waals surface area contributed by atoms with Gasteiger partial charge >= 0.3 is 0 Å². The Balaban J connectivity index is 1.49. The maximum Gasteiger partial charge on any atom is 0.0956 e. The Kier molecular flexibility index (Phi) is 12.6. The molecule has 3 heteroatoms. The molecule has 3 rings (SSSR count). The molecule has 0 unspecified atom stereocenters. The molecule has 0 aromatic carbocycles. The van der Waals surface area contributed by atoms with E-state index in [1.807, 2.05) is 0 Å². The summed E-state index contributed by atoms with van der Waals surface area (Å²) in [6.07, 6.45) is 34.3. The Morgan fingerprint density at radius 2 is 1.20 bits per heavy atom. The average molecular weight is 611 g/mol. The van der Waals surface area contributed by atoms with Crippen molar-refractivity contribution in [2.75, 3.05) is 0 Å². The van der Waals surface area contributed by atoms with Crippen LogP contribution < -0.4 is 0 Å². The predicted octanol–water partition coefficient (Wildman–Crippen LogP) is 10.3. The molecule has 0 saturated heterocycles. The van der Waals surface area contributed by atoms with E-state index in [4.69, 9.17) is 4.74 Å². The molecule has 3 aliphatic rings. The summed E-state index contributed by atoms with van der Waals surface area (Å²) in [6.45, 7) is 21.5. The second-order valence-corrected chi connectivity index (χ2v) is 14.9. The molecule has 0 aromatic rings. The smallest absolute Gasteiger partial charge is 0.0956 e. The van der Waals surface area contributed by atoms with E-state index in [-0.39, 0.29) is 34.7 Å². The minimum absolute atomic E-state index is 0.00134. The quantitative estimate of drug-likeness (QED) is 0.191. The van der Waals surface area contributed by atoms with Crippen molar-refractivity contribution < 1.29 is 14.9 Å². The molecule has 3 nitrogen and oxygen atoms in total. The van der Waals surface area contributed by atoms with Crippen LogP contribution in [0.1, 0.15) is 94.9 Å². The van der Waals surface area contributed by atoms with Crippen molar-refractivity contribution in [1.82, 2.24) is 0 Å². The molecule has 2 N–H and O–H groups in total. The van der Waals surface area contributed by atoms with Crippen molar-refractivity contribution >= 4 is 0 Å². The zero-order valence-corrected chi connectivity index (χ0v) is 29.5. The lowest BCUT2D eigenvalue weighted by Gasteiger charge is -2.44. The van der Waals surface area contributed by atoms with Crippen LogP contribution in [0.25, 0.3) is 0 Å². The van der Waals surface area contributed by atoms with E-state index in [0.29, 0.717) is 6.42 Å². The third kappa shape index (κ3) is 10.8. The van der Waals surface area contributed by atoms with Crippen molar-refractivity contribution in [2.24, 2.45) is 10.8 Å². The van der Waals surface area contributed by atoms with E-state index in [1.165, 1.54) is 33.4 Å². The number of aliphatic hydroxyl groups is 2. The molecule has 1 saturated carbocycles. The molecule has 45 heavy (non-hydrogen) atoms. The van der Waals surface area contributed by atoms with Gasteiger partial charge in [0.1, 0.15) is 0 Å². The largest absolute Gasteiger partial charge is 0.393 e. The molecule has 1 aliphatic heterocycles. The van der Waals surface area contributed by atoms with Gasteiger partial charge in [-0.2, -0.15) is 0 Å². The highest BCUT2D eigenvalue weighted by atomic mass is 16.5. The SMILES string of the molecule is CC1=C(/C=C/C(C)=C/C=C/C(C)=C/C=C/C=C(C)/C=C/C=C(C)/C=C/[C@H]2C=C3C(C)(C)C[C@H](O)C[C@@]3(C)O2)C(C)(C)C[C@H](O)C1. The number of ether oxygens (including phenoxy) is 1. The highest BCUT2D eigenvalue weighted by molar-refractivity contribution is 5.39. The molecular weight excluding hydrogens is 552 g/mol. The van der Waals surface area contributed by atoms with Gasteiger partial charge in [0.15, 0.2) is 0 Å². The van der Waals surface area contributed by atoms with Gasteiger partial charge in [0, 0.05) is 6.42 Å². The lowest BCUT2D eigenvalue weighted by molar-refractivity contribution is -0.0659. The molecular formula is C42H58O3. The van der Waals surface area contributed by atoms with Gasteiger partial charge < -0.3 is 14.9 Å². The van der Waals surface area contributed by atoms with Crippen molar-refractivity contribution in [3.8, 4) is 0 Å². The minimum Gasteiger partial charge on any atom is -0.393 e. The van der Waals surface area contributed by atoms with Crippen LogP contribution in [0.3, 0.4) is 0 Å².